The number of hydrogen-bond acceptors (Lipinski definition) is 8. The Morgan fingerprint density at radius 3 is 2.67 bits per heavy atom. The fourth-order valence-electron chi connectivity index (χ4n) is 4.23. The summed E-state index contributed by atoms with van der Waals surface area (Å²) in [4.78, 5) is 26.8. The zero-order valence-electron chi connectivity index (χ0n) is 22.4. The van der Waals surface area contributed by atoms with Gasteiger partial charge in [-0.2, -0.15) is 0 Å². The molecule has 4 heterocycles. The number of amides is 1. The molecule has 5 rings (SSSR count). The highest BCUT2D eigenvalue weighted by molar-refractivity contribution is 7.19. The number of hydrogen-bond donors (Lipinski definition) is 1. The van der Waals surface area contributed by atoms with Gasteiger partial charge in [0.2, 0.25) is 0 Å². The standard InChI is InChI=1S/C30H30FN5O3S/c1-3-35(4-2)13-5-6-23-19-25-29(40-23)27(11-12-32-25)39-26-9-8-22(18-24(26)31)34-30(37)21-7-10-28(33-20-21)36-14-16-38-17-15-36/h7-12,18-20H,3-4,13-17H2,1-2H3,(H,34,37). The van der Waals surface area contributed by atoms with Crippen LogP contribution in [-0.4, -0.2) is 66.7 Å². The van der Waals surface area contributed by atoms with Crippen molar-refractivity contribution in [3.05, 3.63) is 71.1 Å². The minimum Gasteiger partial charge on any atom is -0.453 e. The Kier molecular flexibility index (Phi) is 8.86. The third kappa shape index (κ3) is 6.57. The number of carbonyl (C=O) groups is 1. The number of morpholine rings is 1. The van der Waals surface area contributed by atoms with E-state index in [1.807, 2.05) is 6.07 Å². The Balaban J connectivity index is 1.25. The molecule has 0 atom stereocenters. The maximum Gasteiger partial charge on any atom is 0.257 e. The molecule has 1 fully saturated rings. The quantitative estimate of drug-likeness (QED) is 0.290. The number of rotatable bonds is 8. The Labute approximate surface area is 236 Å². The van der Waals surface area contributed by atoms with E-state index in [9.17, 15) is 4.79 Å². The number of thiophene rings is 1. The zero-order chi connectivity index (χ0) is 27.9. The lowest BCUT2D eigenvalue weighted by Gasteiger charge is -2.27. The number of nitrogens with zero attached hydrogens (tertiary/aromatic N) is 4. The summed E-state index contributed by atoms with van der Waals surface area (Å²) >= 11 is 1.46. The molecule has 8 nitrogen and oxygen atoms in total. The molecule has 206 valence electrons. The first-order valence-corrected chi connectivity index (χ1v) is 14.0. The molecule has 40 heavy (non-hydrogen) atoms. The third-order valence-corrected chi connectivity index (χ3v) is 7.59. The van der Waals surface area contributed by atoms with Gasteiger partial charge in [0, 0.05) is 43.3 Å². The molecule has 0 aliphatic carbocycles. The van der Waals surface area contributed by atoms with Gasteiger partial charge in [-0.25, -0.2) is 9.37 Å². The van der Waals surface area contributed by atoms with Crippen LogP contribution in [0.3, 0.4) is 0 Å². The van der Waals surface area contributed by atoms with Crippen LogP contribution in [0.25, 0.3) is 10.2 Å². The van der Waals surface area contributed by atoms with Crippen molar-refractivity contribution in [2.24, 2.45) is 0 Å². The first-order chi connectivity index (χ1) is 19.5. The second-order valence-corrected chi connectivity index (χ2v) is 10.2. The maximum atomic E-state index is 15.0. The molecule has 1 aliphatic heterocycles. The molecule has 1 aliphatic rings. The number of nitrogens with one attached hydrogen (secondary N) is 1. The van der Waals surface area contributed by atoms with Crippen molar-refractivity contribution in [2.45, 2.75) is 13.8 Å². The van der Waals surface area contributed by atoms with E-state index in [0.717, 1.165) is 47.1 Å². The van der Waals surface area contributed by atoms with Gasteiger partial charge < -0.3 is 19.7 Å². The summed E-state index contributed by atoms with van der Waals surface area (Å²) in [6.45, 7) is 9.65. The van der Waals surface area contributed by atoms with Crippen LogP contribution in [0.4, 0.5) is 15.9 Å². The van der Waals surface area contributed by atoms with E-state index in [-0.39, 0.29) is 11.7 Å². The molecule has 0 spiro atoms. The SMILES string of the molecule is CCN(CC)CC#Cc1cc2nccc(Oc3ccc(NC(=O)c4ccc(N5CCOCC5)nc4)cc3F)c2s1. The highest BCUT2D eigenvalue weighted by Gasteiger charge is 2.15. The predicted octanol–water partition coefficient (Wildman–Crippen LogP) is 5.40. The molecule has 0 radical (unpaired) electrons. The number of anilines is 2. The number of benzene rings is 1. The Morgan fingerprint density at radius 1 is 1.12 bits per heavy atom. The number of ether oxygens (including phenoxy) is 2. The fourth-order valence-corrected chi connectivity index (χ4v) is 5.17. The molecular formula is C30H30FN5O3S. The Morgan fingerprint density at radius 2 is 1.95 bits per heavy atom. The lowest BCUT2D eigenvalue weighted by molar-refractivity contribution is 0.102. The first-order valence-electron chi connectivity index (χ1n) is 13.2. The van der Waals surface area contributed by atoms with Crippen LogP contribution in [0.15, 0.2) is 54.9 Å². The van der Waals surface area contributed by atoms with E-state index in [1.54, 1.807) is 30.5 Å². The lowest BCUT2D eigenvalue weighted by Crippen LogP contribution is -2.36. The van der Waals surface area contributed by atoms with Gasteiger partial charge in [0.1, 0.15) is 11.6 Å². The molecule has 4 aromatic rings. The second kappa shape index (κ2) is 12.9. The molecule has 1 aromatic carbocycles. The average Bonchev–Trinajstić information content (AvgIpc) is 3.41. The summed E-state index contributed by atoms with van der Waals surface area (Å²) in [7, 11) is 0. The van der Waals surface area contributed by atoms with E-state index in [0.29, 0.717) is 36.8 Å². The fraction of sp³-hybridized carbons (Fsp3) is 0.300. The van der Waals surface area contributed by atoms with Crippen LogP contribution in [0.5, 0.6) is 11.5 Å². The van der Waals surface area contributed by atoms with Gasteiger partial charge in [-0.15, -0.1) is 11.3 Å². The van der Waals surface area contributed by atoms with Crippen molar-refractivity contribution in [3.8, 4) is 23.3 Å². The monoisotopic (exact) mass is 559 g/mol. The number of fused-ring (bicyclic) bond motifs is 1. The Hall–Kier alpha value is -4.04. The second-order valence-electron chi connectivity index (χ2n) is 9.10. The average molecular weight is 560 g/mol. The summed E-state index contributed by atoms with van der Waals surface area (Å²) in [5, 5.41) is 2.72. The Bertz CT molecular complexity index is 1540. The van der Waals surface area contributed by atoms with Crippen molar-refractivity contribution in [1.29, 1.82) is 0 Å². The third-order valence-electron chi connectivity index (χ3n) is 6.54. The van der Waals surface area contributed by atoms with Crippen LogP contribution in [0, 0.1) is 17.7 Å². The van der Waals surface area contributed by atoms with Gasteiger partial charge in [0.25, 0.3) is 5.91 Å². The topological polar surface area (TPSA) is 79.8 Å². The van der Waals surface area contributed by atoms with Crippen molar-refractivity contribution >= 4 is 39.0 Å². The smallest absolute Gasteiger partial charge is 0.257 e. The summed E-state index contributed by atoms with van der Waals surface area (Å²) in [6, 6.07) is 11.5. The normalized spacial score (nSPS) is 13.2. The number of pyridine rings is 2. The molecule has 0 saturated carbocycles. The summed E-state index contributed by atoms with van der Waals surface area (Å²) < 4.78 is 27.1. The van der Waals surface area contributed by atoms with Crippen molar-refractivity contribution in [2.75, 3.05) is 56.2 Å². The van der Waals surface area contributed by atoms with Gasteiger partial charge in [-0.05, 0) is 43.4 Å². The van der Waals surface area contributed by atoms with Gasteiger partial charge in [0.15, 0.2) is 11.6 Å². The molecule has 0 unspecified atom stereocenters. The predicted molar refractivity (Wildman–Crippen MR) is 156 cm³/mol. The van der Waals surface area contributed by atoms with Crippen LogP contribution < -0.4 is 15.0 Å². The number of aromatic nitrogens is 2. The molecule has 1 N–H and O–H groups in total. The summed E-state index contributed by atoms with van der Waals surface area (Å²) in [6.07, 6.45) is 3.15. The van der Waals surface area contributed by atoms with Crippen molar-refractivity contribution in [3.63, 3.8) is 0 Å². The van der Waals surface area contributed by atoms with Gasteiger partial charge in [-0.1, -0.05) is 25.7 Å². The minimum atomic E-state index is -0.598. The van der Waals surface area contributed by atoms with Crippen molar-refractivity contribution in [1.82, 2.24) is 14.9 Å². The largest absolute Gasteiger partial charge is 0.453 e. The van der Waals surface area contributed by atoms with E-state index in [1.165, 1.54) is 29.7 Å². The molecule has 3 aromatic heterocycles. The maximum absolute atomic E-state index is 15.0. The zero-order valence-corrected chi connectivity index (χ0v) is 23.3. The van der Waals surface area contributed by atoms with E-state index < -0.39 is 5.82 Å². The van der Waals surface area contributed by atoms with E-state index in [4.69, 9.17) is 9.47 Å². The van der Waals surface area contributed by atoms with Crippen molar-refractivity contribution < 1.29 is 18.7 Å². The minimum absolute atomic E-state index is 0.0459. The van der Waals surface area contributed by atoms with Crippen LogP contribution in [-0.2, 0) is 4.74 Å². The molecule has 10 heteroatoms. The van der Waals surface area contributed by atoms with Crippen LogP contribution in [0.1, 0.15) is 29.1 Å². The van der Waals surface area contributed by atoms with Gasteiger partial charge in [-0.3, -0.25) is 14.7 Å². The van der Waals surface area contributed by atoms with E-state index in [2.05, 4.69) is 50.8 Å². The highest BCUT2D eigenvalue weighted by atomic mass is 32.1. The number of halogens is 1. The highest BCUT2D eigenvalue weighted by Crippen LogP contribution is 2.36. The summed E-state index contributed by atoms with van der Waals surface area (Å²) in [5.74, 6) is 6.77. The molecule has 1 amide bonds. The first kappa shape index (κ1) is 27.5. The summed E-state index contributed by atoms with van der Waals surface area (Å²) in [5.41, 5.74) is 1.44. The molecule has 1 saturated heterocycles. The van der Waals surface area contributed by atoms with E-state index >= 15 is 4.39 Å². The van der Waals surface area contributed by atoms with Gasteiger partial charge >= 0.3 is 0 Å². The number of carbonyl (C=O) groups excluding carboxylic acids is 1. The lowest BCUT2D eigenvalue weighted by atomic mass is 10.2. The molecular weight excluding hydrogens is 529 g/mol. The molecule has 0 bridgehead atoms. The van der Waals surface area contributed by atoms with Crippen LogP contribution >= 0.6 is 11.3 Å². The van der Waals surface area contributed by atoms with Gasteiger partial charge in [0.05, 0.1) is 40.4 Å². The van der Waals surface area contributed by atoms with Crippen LogP contribution in [0.2, 0.25) is 0 Å².